The molecule has 0 rings (SSSR count). The fourth-order valence-electron chi connectivity index (χ4n) is 0.530. The molecule has 0 aliphatic rings. The summed E-state index contributed by atoms with van der Waals surface area (Å²) in [5.41, 5.74) is 0. The molecule has 52 valence electrons. The lowest BCUT2D eigenvalue weighted by atomic mass is 10.3. The highest BCUT2D eigenvalue weighted by molar-refractivity contribution is 6.04. The minimum Gasteiger partial charge on any atom is -0.443 e. The van der Waals surface area contributed by atoms with Gasteiger partial charge in [-0.25, -0.2) is 0 Å². The van der Waals surface area contributed by atoms with Gasteiger partial charge >= 0.3 is 0 Å². The third-order valence-electron chi connectivity index (χ3n) is 1.16. The molecule has 0 heterocycles. The SMILES string of the molecule is BOCCN(B)CCO. The molecular weight excluding hydrogens is 116 g/mol. The molecule has 0 radical (unpaired) electrons. The fraction of sp³-hybridized carbons (Fsp3) is 1.00. The van der Waals surface area contributed by atoms with Crippen LogP contribution < -0.4 is 0 Å². The lowest BCUT2D eigenvalue weighted by Crippen LogP contribution is -2.27. The fourth-order valence-corrected chi connectivity index (χ4v) is 0.530. The number of nitrogens with zero attached hydrogens (tertiary/aromatic N) is 1. The van der Waals surface area contributed by atoms with Crippen molar-refractivity contribution in [1.82, 2.24) is 4.81 Å². The van der Waals surface area contributed by atoms with E-state index in [2.05, 4.69) is 0 Å². The van der Waals surface area contributed by atoms with Gasteiger partial charge in [-0.05, 0) is 0 Å². The van der Waals surface area contributed by atoms with Crippen molar-refractivity contribution in [2.75, 3.05) is 26.3 Å². The Kier molecular flexibility index (Phi) is 6.14. The first-order valence-corrected chi connectivity index (χ1v) is 3.09. The Morgan fingerprint density at radius 3 is 2.56 bits per heavy atom. The Bertz CT molecular complexity index is 64.5. The van der Waals surface area contributed by atoms with Crippen LogP contribution in [0.15, 0.2) is 0 Å². The van der Waals surface area contributed by atoms with Gasteiger partial charge in [-0.1, -0.05) is 0 Å². The summed E-state index contributed by atoms with van der Waals surface area (Å²) < 4.78 is 4.84. The maximum Gasteiger partial charge on any atom is 0.257 e. The number of hydrogen-bond acceptors (Lipinski definition) is 3. The third kappa shape index (κ3) is 5.89. The molecule has 9 heavy (non-hydrogen) atoms. The van der Waals surface area contributed by atoms with Crippen LogP contribution in [0.2, 0.25) is 0 Å². The molecule has 0 aromatic heterocycles. The molecule has 0 aromatic carbocycles. The first kappa shape index (κ1) is 9.01. The average Bonchev–Trinajstić information content (AvgIpc) is 1.85. The molecule has 0 atom stereocenters. The van der Waals surface area contributed by atoms with Crippen molar-refractivity contribution in [3.8, 4) is 0 Å². The first-order chi connectivity index (χ1) is 4.31. The normalized spacial score (nSPS) is 10.4. The van der Waals surface area contributed by atoms with E-state index in [1.807, 2.05) is 12.8 Å². The van der Waals surface area contributed by atoms with Crippen LogP contribution in [0.25, 0.3) is 0 Å². The van der Waals surface area contributed by atoms with Crippen LogP contribution >= 0.6 is 0 Å². The average molecular weight is 129 g/mol. The van der Waals surface area contributed by atoms with Gasteiger partial charge < -0.3 is 14.6 Å². The van der Waals surface area contributed by atoms with E-state index in [0.29, 0.717) is 0 Å². The monoisotopic (exact) mass is 129 g/mol. The lowest BCUT2D eigenvalue weighted by molar-refractivity contribution is 0.236. The molecule has 0 saturated heterocycles. The maximum atomic E-state index is 8.45. The van der Waals surface area contributed by atoms with Crippen molar-refractivity contribution in [1.29, 1.82) is 0 Å². The zero-order valence-electron chi connectivity index (χ0n) is 6.13. The van der Waals surface area contributed by atoms with Crippen LogP contribution in [0.4, 0.5) is 0 Å². The summed E-state index contributed by atoms with van der Waals surface area (Å²) in [4.78, 5) is 2.02. The van der Waals surface area contributed by atoms with Gasteiger partial charge in [0.1, 0.15) is 0 Å². The molecule has 0 saturated carbocycles. The van der Waals surface area contributed by atoms with E-state index in [-0.39, 0.29) is 6.61 Å². The standard InChI is InChI=1S/C4H13B2NO2/c5-7(1-3-8)2-4-9-6/h8H,1-6H2. The number of hydrogen-bond donors (Lipinski definition) is 1. The van der Waals surface area contributed by atoms with E-state index in [1.165, 1.54) is 0 Å². The van der Waals surface area contributed by atoms with E-state index >= 15 is 0 Å². The van der Waals surface area contributed by atoms with Crippen molar-refractivity contribution >= 4 is 16.0 Å². The third-order valence-corrected chi connectivity index (χ3v) is 1.16. The van der Waals surface area contributed by atoms with Gasteiger partial charge in [0.15, 0.2) is 7.98 Å². The van der Waals surface area contributed by atoms with Gasteiger partial charge in [0.25, 0.3) is 8.05 Å². The van der Waals surface area contributed by atoms with Crippen molar-refractivity contribution in [2.24, 2.45) is 0 Å². The van der Waals surface area contributed by atoms with Crippen molar-refractivity contribution in [3.05, 3.63) is 0 Å². The molecular formula is C4H13B2NO2. The number of rotatable bonds is 5. The van der Waals surface area contributed by atoms with E-state index in [0.717, 1.165) is 19.7 Å². The molecule has 0 spiro atoms. The smallest absolute Gasteiger partial charge is 0.257 e. The Hall–Kier alpha value is 0.00987. The van der Waals surface area contributed by atoms with Gasteiger partial charge in [-0.3, -0.25) is 0 Å². The van der Waals surface area contributed by atoms with Gasteiger partial charge in [-0.15, -0.1) is 0 Å². The van der Waals surface area contributed by atoms with Gasteiger partial charge in [0.05, 0.1) is 6.61 Å². The Labute approximate surface area is 57.9 Å². The summed E-state index contributed by atoms with van der Waals surface area (Å²) in [5.74, 6) is 0. The lowest BCUT2D eigenvalue weighted by Gasteiger charge is -2.13. The van der Waals surface area contributed by atoms with Gasteiger partial charge in [0, 0.05) is 19.7 Å². The first-order valence-electron chi connectivity index (χ1n) is 3.09. The highest BCUT2D eigenvalue weighted by Gasteiger charge is 1.93. The number of aliphatic hydroxyl groups excluding tert-OH is 1. The molecule has 0 bridgehead atoms. The Balaban J connectivity index is 2.95. The Morgan fingerprint density at radius 2 is 2.11 bits per heavy atom. The van der Waals surface area contributed by atoms with Gasteiger partial charge in [-0.2, -0.15) is 0 Å². The summed E-state index contributed by atoms with van der Waals surface area (Å²) in [5, 5.41) is 8.45. The van der Waals surface area contributed by atoms with Crippen LogP contribution in [0, 0.1) is 0 Å². The zero-order chi connectivity index (χ0) is 7.11. The summed E-state index contributed by atoms with van der Waals surface area (Å²) >= 11 is 0. The summed E-state index contributed by atoms with van der Waals surface area (Å²) in [6.45, 7) is 2.57. The minimum atomic E-state index is 0.222. The second kappa shape index (κ2) is 6.13. The van der Waals surface area contributed by atoms with E-state index in [4.69, 9.17) is 9.76 Å². The van der Waals surface area contributed by atoms with Crippen molar-refractivity contribution in [3.63, 3.8) is 0 Å². The summed E-state index contributed by atoms with van der Waals surface area (Å²) in [6.07, 6.45) is 0. The predicted octanol–water partition coefficient (Wildman–Crippen LogP) is -2.61. The molecule has 5 heteroatoms. The van der Waals surface area contributed by atoms with Crippen molar-refractivity contribution in [2.45, 2.75) is 0 Å². The molecule has 0 aliphatic heterocycles. The quantitative estimate of drug-likeness (QED) is 0.413. The zero-order valence-corrected chi connectivity index (χ0v) is 6.13. The second-order valence-corrected chi connectivity index (χ2v) is 2.02. The van der Waals surface area contributed by atoms with Crippen LogP contribution in [0.3, 0.4) is 0 Å². The van der Waals surface area contributed by atoms with Crippen LogP contribution in [0.1, 0.15) is 0 Å². The predicted molar refractivity (Wildman–Crippen MR) is 41.7 cm³/mol. The van der Waals surface area contributed by atoms with Crippen molar-refractivity contribution < 1.29 is 9.76 Å². The molecule has 3 nitrogen and oxygen atoms in total. The molecule has 1 N–H and O–H groups in total. The summed E-state index contributed by atoms with van der Waals surface area (Å²) in [7, 11) is 3.63. The highest BCUT2D eigenvalue weighted by atomic mass is 16.4. The molecule has 0 fully saturated rings. The van der Waals surface area contributed by atoms with E-state index in [9.17, 15) is 0 Å². The van der Waals surface area contributed by atoms with Gasteiger partial charge in [0.2, 0.25) is 0 Å². The molecule has 0 unspecified atom stereocenters. The largest absolute Gasteiger partial charge is 0.443 e. The van der Waals surface area contributed by atoms with Crippen LogP contribution in [0.5, 0.6) is 0 Å². The molecule has 0 amide bonds. The Morgan fingerprint density at radius 1 is 1.44 bits per heavy atom. The number of aliphatic hydroxyl groups is 1. The highest BCUT2D eigenvalue weighted by Crippen LogP contribution is 1.77. The van der Waals surface area contributed by atoms with Crippen LogP contribution in [-0.4, -0.2) is 52.3 Å². The molecule has 0 aromatic rings. The second-order valence-electron chi connectivity index (χ2n) is 2.02. The van der Waals surface area contributed by atoms with E-state index in [1.54, 1.807) is 8.05 Å². The maximum absolute atomic E-state index is 8.45. The topological polar surface area (TPSA) is 32.7 Å². The summed E-state index contributed by atoms with van der Waals surface area (Å²) in [6, 6.07) is 0. The molecule has 0 aliphatic carbocycles. The minimum absolute atomic E-state index is 0.222. The van der Waals surface area contributed by atoms with Crippen LogP contribution in [-0.2, 0) is 4.65 Å². The van der Waals surface area contributed by atoms with E-state index < -0.39 is 0 Å².